The van der Waals surface area contributed by atoms with Gasteiger partial charge in [-0.2, -0.15) is 0 Å². The maximum absolute atomic E-state index is 12.5. The Morgan fingerprint density at radius 3 is 2.03 bits per heavy atom. The van der Waals surface area contributed by atoms with Crippen molar-refractivity contribution in [1.29, 1.82) is 0 Å². The maximum Gasteiger partial charge on any atom is 0.339 e. The lowest BCUT2D eigenvalue weighted by molar-refractivity contribution is -0.135. The van der Waals surface area contributed by atoms with Crippen molar-refractivity contribution in [2.45, 2.75) is 11.8 Å². The lowest BCUT2D eigenvalue weighted by Gasteiger charge is -2.09. The Hall–Kier alpha value is -3.59. The Morgan fingerprint density at radius 2 is 1.47 bits per heavy atom. The first kappa shape index (κ1) is 22.7. The predicted octanol–water partition coefficient (Wildman–Crippen LogP) is 2.99. The zero-order valence-corrected chi connectivity index (χ0v) is 17.5. The van der Waals surface area contributed by atoms with Crippen LogP contribution >= 0.6 is 0 Å². The number of rotatable bonds is 8. The molecule has 8 nitrogen and oxygen atoms in total. The average Bonchev–Trinajstić information content (AvgIpc) is 2.74. The quantitative estimate of drug-likeness (QED) is 0.376. The molecule has 0 atom stereocenters. The molecule has 0 saturated carbocycles. The first-order valence-corrected chi connectivity index (χ1v) is 10.2. The molecule has 0 heterocycles. The molecule has 0 spiro atoms. The minimum atomic E-state index is -3.74. The molecule has 30 heavy (non-hydrogen) atoms. The fourth-order valence-corrected chi connectivity index (χ4v) is 3.30. The van der Waals surface area contributed by atoms with E-state index in [1.165, 1.54) is 38.6 Å². The van der Waals surface area contributed by atoms with Gasteiger partial charge in [-0.15, -0.1) is 0 Å². The molecule has 0 bridgehead atoms. The van der Waals surface area contributed by atoms with Crippen molar-refractivity contribution in [1.82, 2.24) is 0 Å². The van der Waals surface area contributed by atoms with Crippen LogP contribution in [0.4, 0.5) is 11.4 Å². The summed E-state index contributed by atoms with van der Waals surface area (Å²) in [5, 5.41) is 2.85. The van der Waals surface area contributed by atoms with Gasteiger partial charge in [0, 0.05) is 23.7 Å². The van der Waals surface area contributed by atoms with Gasteiger partial charge in [0.05, 0.1) is 24.7 Å². The summed E-state index contributed by atoms with van der Waals surface area (Å²) >= 11 is 0. The third-order valence-electron chi connectivity index (χ3n) is 3.88. The van der Waals surface area contributed by atoms with Crippen LogP contribution < -0.4 is 10.0 Å². The summed E-state index contributed by atoms with van der Waals surface area (Å²) < 4.78 is 36.7. The monoisotopic (exact) mass is 430 g/mol. The second kappa shape index (κ2) is 10.3. The molecule has 0 aliphatic rings. The number of carbonyl (C=O) groups is 2. The highest BCUT2D eigenvalue weighted by Gasteiger charge is 2.14. The van der Waals surface area contributed by atoms with Crippen molar-refractivity contribution in [3.05, 3.63) is 78.0 Å². The van der Waals surface area contributed by atoms with Gasteiger partial charge in [0.2, 0.25) is 0 Å². The third kappa shape index (κ3) is 6.49. The largest absolute Gasteiger partial charge is 0.466 e. The lowest BCUT2D eigenvalue weighted by atomic mass is 10.2. The van der Waals surface area contributed by atoms with Gasteiger partial charge in [-0.3, -0.25) is 4.72 Å². The zero-order chi connectivity index (χ0) is 22.1. The van der Waals surface area contributed by atoms with E-state index >= 15 is 0 Å². The Kier molecular flexibility index (Phi) is 7.76. The summed E-state index contributed by atoms with van der Waals surface area (Å²) in [5.74, 6) is -1.29. The van der Waals surface area contributed by atoms with Crippen LogP contribution in [0.2, 0.25) is 0 Å². The molecule has 0 aromatic heterocycles. The van der Waals surface area contributed by atoms with Gasteiger partial charge >= 0.3 is 11.9 Å². The summed E-state index contributed by atoms with van der Waals surface area (Å²) in [6, 6.07) is 12.9. The minimum Gasteiger partial charge on any atom is -0.466 e. The Labute approximate surface area is 175 Å². The molecule has 0 aliphatic carbocycles. The smallest absolute Gasteiger partial charge is 0.339 e. The highest BCUT2D eigenvalue weighted by atomic mass is 32.2. The molecule has 158 valence electrons. The first-order valence-electron chi connectivity index (χ1n) is 8.76. The fraction of sp³-hybridized carbons (Fsp3) is 0.143. The zero-order valence-electron chi connectivity index (χ0n) is 16.7. The van der Waals surface area contributed by atoms with Gasteiger partial charge < -0.3 is 14.8 Å². The van der Waals surface area contributed by atoms with Crippen LogP contribution in [0.3, 0.4) is 0 Å². The van der Waals surface area contributed by atoms with Crippen molar-refractivity contribution < 1.29 is 27.5 Å². The van der Waals surface area contributed by atoms with Crippen LogP contribution in [-0.4, -0.2) is 34.6 Å². The standard InChI is InChI=1S/C21H22N2O6S/c1-15-4-7-18(8-5-15)23-30(26,27)19-11-9-17(10-12-19)22-14-16(21(25)29-3)6-13-20(24)28-2/h4-14,22-23H,1-3H3/b13-6+,16-14-. The molecule has 0 fully saturated rings. The highest BCUT2D eigenvalue weighted by Crippen LogP contribution is 2.19. The lowest BCUT2D eigenvalue weighted by Crippen LogP contribution is -2.12. The van der Waals surface area contributed by atoms with E-state index in [1.807, 2.05) is 19.1 Å². The van der Waals surface area contributed by atoms with Gasteiger partial charge in [-0.1, -0.05) is 17.7 Å². The van der Waals surface area contributed by atoms with E-state index < -0.39 is 22.0 Å². The number of esters is 2. The maximum atomic E-state index is 12.5. The third-order valence-corrected chi connectivity index (χ3v) is 5.28. The van der Waals surface area contributed by atoms with Crippen molar-refractivity contribution in [2.75, 3.05) is 24.3 Å². The molecule has 0 radical (unpaired) electrons. The Morgan fingerprint density at radius 1 is 0.867 bits per heavy atom. The number of carbonyl (C=O) groups excluding carboxylic acids is 2. The van der Waals surface area contributed by atoms with Crippen LogP contribution in [0.15, 0.2) is 77.4 Å². The van der Waals surface area contributed by atoms with Crippen LogP contribution in [0.25, 0.3) is 0 Å². The molecule has 0 unspecified atom stereocenters. The number of methoxy groups -OCH3 is 2. The highest BCUT2D eigenvalue weighted by molar-refractivity contribution is 7.92. The SMILES string of the molecule is COC(=O)/C=C/C(=C/Nc1ccc(S(=O)(=O)Nc2ccc(C)cc2)cc1)C(=O)OC. The summed E-state index contributed by atoms with van der Waals surface area (Å²) in [6.07, 6.45) is 3.66. The molecular formula is C21H22N2O6S. The number of nitrogens with one attached hydrogen (secondary N) is 2. The average molecular weight is 430 g/mol. The predicted molar refractivity (Wildman–Crippen MR) is 113 cm³/mol. The molecular weight excluding hydrogens is 408 g/mol. The van der Waals surface area contributed by atoms with Crippen LogP contribution in [0, 0.1) is 6.92 Å². The topological polar surface area (TPSA) is 111 Å². The summed E-state index contributed by atoms with van der Waals surface area (Å²) in [7, 11) is -1.31. The Balaban J connectivity index is 2.14. The second-order valence-corrected chi connectivity index (χ2v) is 7.77. The van der Waals surface area contributed by atoms with Gasteiger partial charge in [-0.05, 0) is 49.4 Å². The summed E-state index contributed by atoms with van der Waals surface area (Å²) in [4.78, 5) is 23.1. The van der Waals surface area contributed by atoms with E-state index in [9.17, 15) is 18.0 Å². The molecule has 2 N–H and O–H groups in total. The van der Waals surface area contributed by atoms with E-state index in [-0.39, 0.29) is 10.5 Å². The van der Waals surface area contributed by atoms with Crippen molar-refractivity contribution in [3.63, 3.8) is 0 Å². The van der Waals surface area contributed by atoms with Crippen molar-refractivity contribution >= 4 is 33.3 Å². The normalized spacial score (nSPS) is 11.8. The summed E-state index contributed by atoms with van der Waals surface area (Å²) in [5.41, 5.74) is 2.08. The number of anilines is 2. The van der Waals surface area contributed by atoms with Crippen molar-refractivity contribution in [3.8, 4) is 0 Å². The van der Waals surface area contributed by atoms with E-state index in [0.717, 1.165) is 11.6 Å². The van der Waals surface area contributed by atoms with Gasteiger partial charge in [-0.25, -0.2) is 18.0 Å². The molecule has 0 saturated heterocycles. The number of hydrogen-bond donors (Lipinski definition) is 2. The number of aryl methyl sites for hydroxylation is 1. The van der Waals surface area contributed by atoms with Crippen LogP contribution in [0.5, 0.6) is 0 Å². The number of benzene rings is 2. The van der Waals surface area contributed by atoms with Crippen LogP contribution in [-0.2, 0) is 29.1 Å². The van der Waals surface area contributed by atoms with E-state index in [4.69, 9.17) is 0 Å². The van der Waals surface area contributed by atoms with E-state index in [1.54, 1.807) is 24.3 Å². The Bertz CT molecular complexity index is 1060. The molecule has 2 rings (SSSR count). The number of hydrogen-bond acceptors (Lipinski definition) is 7. The molecule has 0 aliphatic heterocycles. The fourth-order valence-electron chi connectivity index (χ4n) is 2.25. The summed E-state index contributed by atoms with van der Waals surface area (Å²) in [6.45, 7) is 1.91. The van der Waals surface area contributed by atoms with E-state index in [2.05, 4.69) is 19.5 Å². The second-order valence-electron chi connectivity index (χ2n) is 6.09. The van der Waals surface area contributed by atoms with Crippen LogP contribution in [0.1, 0.15) is 5.56 Å². The van der Waals surface area contributed by atoms with Gasteiger partial charge in [0.15, 0.2) is 0 Å². The molecule has 2 aromatic rings. The van der Waals surface area contributed by atoms with Crippen molar-refractivity contribution in [2.24, 2.45) is 0 Å². The molecule has 0 amide bonds. The number of ether oxygens (including phenoxy) is 2. The molecule has 9 heteroatoms. The molecule has 2 aromatic carbocycles. The minimum absolute atomic E-state index is 0.0700. The van der Waals surface area contributed by atoms with E-state index in [0.29, 0.717) is 11.4 Å². The van der Waals surface area contributed by atoms with Gasteiger partial charge in [0.1, 0.15) is 0 Å². The number of sulfonamides is 1. The first-order chi connectivity index (χ1) is 14.2. The van der Waals surface area contributed by atoms with Gasteiger partial charge in [0.25, 0.3) is 10.0 Å².